The lowest BCUT2D eigenvalue weighted by atomic mass is 10.1. The number of unbranched alkanes of at least 4 members (excludes halogenated alkanes) is 3. The van der Waals surface area contributed by atoms with Crippen LogP contribution in [-0.2, 0) is 20.9 Å². The van der Waals surface area contributed by atoms with Gasteiger partial charge < -0.3 is 26.2 Å². The Bertz CT molecular complexity index is 595. The fourth-order valence-corrected chi connectivity index (χ4v) is 2.57. The van der Waals surface area contributed by atoms with Crippen molar-refractivity contribution in [3.8, 4) is 0 Å². The van der Waals surface area contributed by atoms with Crippen molar-refractivity contribution < 1.29 is 24.2 Å². The van der Waals surface area contributed by atoms with Gasteiger partial charge in [0.15, 0.2) is 0 Å². The van der Waals surface area contributed by atoms with Crippen LogP contribution in [0, 0.1) is 0 Å². The van der Waals surface area contributed by atoms with Crippen LogP contribution in [0.4, 0.5) is 4.79 Å². The maximum absolute atomic E-state index is 11.9. The number of rotatable bonds is 14. The minimum Gasteiger partial charge on any atom is -0.480 e. The van der Waals surface area contributed by atoms with E-state index in [4.69, 9.17) is 15.6 Å². The van der Waals surface area contributed by atoms with Crippen molar-refractivity contribution in [3.05, 3.63) is 35.9 Å². The molecule has 0 aliphatic rings. The van der Waals surface area contributed by atoms with Crippen molar-refractivity contribution >= 4 is 18.0 Å². The van der Waals surface area contributed by atoms with E-state index in [1.807, 2.05) is 30.3 Å². The van der Waals surface area contributed by atoms with Gasteiger partial charge in [-0.1, -0.05) is 36.8 Å². The molecule has 0 unspecified atom stereocenters. The number of hydrogen-bond acceptors (Lipinski definition) is 5. The number of nitrogens with one attached hydrogen (secondary N) is 2. The van der Waals surface area contributed by atoms with Gasteiger partial charge in [0.1, 0.15) is 12.6 Å². The average molecular weight is 393 g/mol. The Morgan fingerprint density at radius 3 is 2.46 bits per heavy atom. The predicted molar refractivity (Wildman–Crippen MR) is 106 cm³/mol. The van der Waals surface area contributed by atoms with Gasteiger partial charge in [-0.05, 0) is 44.2 Å². The highest BCUT2D eigenvalue weighted by Gasteiger charge is 2.18. The van der Waals surface area contributed by atoms with Gasteiger partial charge in [0.05, 0.1) is 0 Å². The summed E-state index contributed by atoms with van der Waals surface area (Å²) in [6.07, 6.45) is 3.67. The van der Waals surface area contributed by atoms with Crippen LogP contribution in [0.5, 0.6) is 0 Å². The van der Waals surface area contributed by atoms with Gasteiger partial charge in [-0.15, -0.1) is 0 Å². The summed E-state index contributed by atoms with van der Waals surface area (Å²) in [4.78, 5) is 34.6. The predicted octanol–water partition coefficient (Wildman–Crippen LogP) is 2.17. The smallest absolute Gasteiger partial charge is 0.407 e. The van der Waals surface area contributed by atoms with Crippen molar-refractivity contribution in [2.45, 2.75) is 57.6 Å². The normalized spacial score (nSPS) is 11.5. The first-order valence-corrected chi connectivity index (χ1v) is 9.69. The summed E-state index contributed by atoms with van der Waals surface area (Å²) in [5, 5.41) is 14.3. The summed E-state index contributed by atoms with van der Waals surface area (Å²) >= 11 is 0. The molecule has 0 bridgehead atoms. The highest BCUT2D eigenvalue weighted by atomic mass is 16.5. The first-order valence-electron chi connectivity index (χ1n) is 9.69. The van der Waals surface area contributed by atoms with Gasteiger partial charge in [-0.2, -0.15) is 0 Å². The minimum atomic E-state index is -1.02. The molecule has 0 aliphatic carbocycles. The van der Waals surface area contributed by atoms with E-state index in [1.165, 1.54) is 0 Å². The SMILES string of the molecule is NCCCC[C@H](NC(=O)CCCCCNC(=O)OCc1ccccc1)C(=O)O. The molecule has 0 aliphatic heterocycles. The van der Waals surface area contributed by atoms with Crippen molar-refractivity contribution in [2.75, 3.05) is 13.1 Å². The average Bonchev–Trinajstić information content (AvgIpc) is 2.69. The van der Waals surface area contributed by atoms with Crippen LogP contribution in [0.15, 0.2) is 30.3 Å². The van der Waals surface area contributed by atoms with Crippen LogP contribution >= 0.6 is 0 Å². The Balaban J connectivity index is 2.06. The van der Waals surface area contributed by atoms with Gasteiger partial charge in [0.25, 0.3) is 0 Å². The summed E-state index contributed by atoms with van der Waals surface area (Å²) in [5.41, 5.74) is 6.31. The molecule has 0 radical (unpaired) electrons. The molecule has 5 N–H and O–H groups in total. The zero-order valence-corrected chi connectivity index (χ0v) is 16.2. The lowest BCUT2D eigenvalue weighted by Crippen LogP contribution is -2.40. The van der Waals surface area contributed by atoms with Crippen LogP contribution < -0.4 is 16.4 Å². The molecular weight excluding hydrogens is 362 g/mol. The number of carboxylic acid groups (broad SMARTS) is 1. The van der Waals surface area contributed by atoms with Crippen molar-refractivity contribution in [1.29, 1.82) is 0 Å². The maximum atomic E-state index is 11.9. The molecule has 0 heterocycles. The van der Waals surface area contributed by atoms with E-state index in [0.717, 1.165) is 18.4 Å². The number of alkyl carbamates (subject to hydrolysis) is 1. The van der Waals surface area contributed by atoms with E-state index in [-0.39, 0.29) is 18.9 Å². The third-order valence-corrected chi connectivity index (χ3v) is 4.14. The summed E-state index contributed by atoms with van der Waals surface area (Å²) in [6.45, 7) is 1.20. The number of amides is 2. The molecule has 8 heteroatoms. The van der Waals surface area contributed by atoms with Crippen molar-refractivity contribution in [1.82, 2.24) is 10.6 Å². The molecule has 0 saturated heterocycles. The quantitative estimate of drug-likeness (QED) is 0.358. The molecule has 0 saturated carbocycles. The van der Waals surface area contributed by atoms with E-state index in [0.29, 0.717) is 38.8 Å². The molecule has 0 fully saturated rings. The van der Waals surface area contributed by atoms with E-state index in [1.54, 1.807) is 0 Å². The van der Waals surface area contributed by atoms with Crippen LogP contribution in [0.2, 0.25) is 0 Å². The second-order valence-electron chi connectivity index (χ2n) is 6.54. The van der Waals surface area contributed by atoms with E-state index >= 15 is 0 Å². The molecule has 2 amide bonds. The van der Waals surface area contributed by atoms with E-state index in [2.05, 4.69) is 10.6 Å². The number of carbonyl (C=O) groups excluding carboxylic acids is 2. The lowest BCUT2D eigenvalue weighted by molar-refractivity contribution is -0.142. The molecule has 1 atom stereocenters. The largest absolute Gasteiger partial charge is 0.480 e. The van der Waals surface area contributed by atoms with Gasteiger partial charge in [-0.3, -0.25) is 4.79 Å². The Kier molecular flexibility index (Phi) is 12.1. The molecule has 0 spiro atoms. The first-order chi connectivity index (χ1) is 13.5. The lowest BCUT2D eigenvalue weighted by Gasteiger charge is -2.14. The Morgan fingerprint density at radius 2 is 1.79 bits per heavy atom. The fraction of sp³-hybridized carbons (Fsp3) is 0.550. The van der Waals surface area contributed by atoms with Crippen molar-refractivity contribution in [3.63, 3.8) is 0 Å². The molecule has 8 nitrogen and oxygen atoms in total. The molecule has 28 heavy (non-hydrogen) atoms. The fourth-order valence-electron chi connectivity index (χ4n) is 2.57. The van der Waals surface area contributed by atoms with Gasteiger partial charge in [0.2, 0.25) is 5.91 Å². The number of benzene rings is 1. The molecular formula is C20H31N3O5. The summed E-state index contributed by atoms with van der Waals surface area (Å²) < 4.78 is 5.10. The Hall–Kier alpha value is -2.61. The third kappa shape index (κ3) is 11.2. The number of aliphatic carboxylic acids is 1. The van der Waals surface area contributed by atoms with Crippen LogP contribution in [0.3, 0.4) is 0 Å². The maximum Gasteiger partial charge on any atom is 0.407 e. The minimum absolute atomic E-state index is 0.225. The second-order valence-corrected chi connectivity index (χ2v) is 6.54. The molecule has 1 aromatic carbocycles. The van der Waals surface area contributed by atoms with E-state index in [9.17, 15) is 14.4 Å². The van der Waals surface area contributed by atoms with Crippen LogP contribution in [-0.4, -0.2) is 42.2 Å². The highest BCUT2D eigenvalue weighted by Crippen LogP contribution is 2.04. The van der Waals surface area contributed by atoms with E-state index < -0.39 is 18.1 Å². The number of nitrogens with two attached hydrogens (primary N) is 1. The Labute approximate surface area is 165 Å². The van der Waals surface area contributed by atoms with Gasteiger partial charge >= 0.3 is 12.1 Å². The monoisotopic (exact) mass is 393 g/mol. The van der Waals surface area contributed by atoms with Gasteiger partial charge in [-0.25, -0.2) is 9.59 Å². The molecule has 1 rings (SSSR count). The number of hydrogen-bond donors (Lipinski definition) is 4. The summed E-state index contributed by atoms with van der Waals surface area (Å²) in [5.74, 6) is -1.29. The van der Waals surface area contributed by atoms with Crippen LogP contribution in [0.1, 0.15) is 50.5 Å². The number of carboxylic acids is 1. The van der Waals surface area contributed by atoms with Gasteiger partial charge in [0, 0.05) is 13.0 Å². The Morgan fingerprint density at radius 1 is 1.04 bits per heavy atom. The van der Waals surface area contributed by atoms with Crippen molar-refractivity contribution in [2.24, 2.45) is 5.73 Å². The zero-order chi connectivity index (χ0) is 20.6. The molecule has 0 aromatic heterocycles. The zero-order valence-electron chi connectivity index (χ0n) is 16.2. The summed E-state index contributed by atoms with van der Waals surface area (Å²) in [7, 11) is 0. The topological polar surface area (TPSA) is 131 Å². The van der Waals surface area contributed by atoms with Crippen LogP contribution in [0.25, 0.3) is 0 Å². The second kappa shape index (κ2) is 14.4. The summed E-state index contributed by atoms with van der Waals surface area (Å²) in [6, 6.07) is 8.56. The highest BCUT2D eigenvalue weighted by molar-refractivity contribution is 5.83. The number of carbonyl (C=O) groups is 3. The third-order valence-electron chi connectivity index (χ3n) is 4.14. The number of ether oxygens (including phenoxy) is 1. The first kappa shape index (κ1) is 23.4. The molecule has 1 aromatic rings. The standard InChI is InChI=1S/C20H31N3O5/c21-13-7-6-11-17(19(25)26)23-18(24)12-5-2-8-14-22-20(27)28-15-16-9-3-1-4-10-16/h1,3-4,9-10,17H,2,5-8,11-15,21H2,(H,22,27)(H,23,24)(H,25,26)/t17-/m0/s1. The molecule has 156 valence electrons.